The average molecular weight is 260 g/mol. The minimum Gasteiger partial charge on any atom is -0.444 e. The van der Waals surface area contributed by atoms with Gasteiger partial charge in [-0.15, -0.1) is 0 Å². The summed E-state index contributed by atoms with van der Waals surface area (Å²) in [6.45, 7) is 7.85. The van der Waals surface area contributed by atoms with Crippen LogP contribution in [0.2, 0.25) is 0 Å². The van der Waals surface area contributed by atoms with Gasteiger partial charge in [-0.2, -0.15) is 0 Å². The highest BCUT2D eigenvalue weighted by molar-refractivity contribution is 5.82. The topological polar surface area (TPSA) is 78.9 Å². The maximum Gasteiger partial charge on any atom is 0.408 e. The van der Waals surface area contributed by atoms with E-state index < -0.39 is 11.7 Å². The molecule has 6 nitrogen and oxygen atoms in total. The molecular formula is C12H24N2O4. The predicted molar refractivity (Wildman–Crippen MR) is 68.2 cm³/mol. The Bertz CT molecular complexity index is 268. The molecule has 0 aromatic heterocycles. The van der Waals surface area contributed by atoms with Crippen LogP contribution < -0.4 is 5.32 Å². The fraction of sp³-hybridized carbons (Fsp3) is 0.833. The zero-order valence-corrected chi connectivity index (χ0v) is 11.7. The summed E-state index contributed by atoms with van der Waals surface area (Å²) in [6, 6.07) is 0. The first kappa shape index (κ1) is 16.7. The summed E-state index contributed by atoms with van der Waals surface area (Å²) in [6.07, 6.45) is 0.189. The molecule has 6 heteroatoms. The number of alkyl carbamates (subject to hydrolysis) is 1. The molecule has 0 rings (SSSR count). The lowest BCUT2D eigenvalue weighted by Gasteiger charge is -2.22. The van der Waals surface area contributed by atoms with Crippen LogP contribution in [0.5, 0.6) is 0 Å². The molecular weight excluding hydrogens is 236 g/mol. The van der Waals surface area contributed by atoms with Crippen molar-refractivity contribution in [2.75, 3.05) is 26.2 Å². The van der Waals surface area contributed by atoms with Crippen molar-refractivity contribution in [3.8, 4) is 0 Å². The average Bonchev–Trinajstić information content (AvgIpc) is 2.23. The summed E-state index contributed by atoms with van der Waals surface area (Å²) in [7, 11) is 0. The van der Waals surface area contributed by atoms with Crippen LogP contribution in [-0.2, 0) is 9.53 Å². The van der Waals surface area contributed by atoms with Gasteiger partial charge < -0.3 is 20.1 Å². The van der Waals surface area contributed by atoms with E-state index >= 15 is 0 Å². The van der Waals surface area contributed by atoms with Gasteiger partial charge in [-0.1, -0.05) is 6.92 Å². The van der Waals surface area contributed by atoms with E-state index in [4.69, 9.17) is 9.84 Å². The van der Waals surface area contributed by atoms with Gasteiger partial charge in [-0.25, -0.2) is 4.79 Å². The van der Waals surface area contributed by atoms with Crippen molar-refractivity contribution in [1.29, 1.82) is 0 Å². The number of rotatable bonds is 6. The van der Waals surface area contributed by atoms with Gasteiger partial charge in [0, 0.05) is 13.1 Å². The fourth-order valence-corrected chi connectivity index (χ4v) is 1.33. The molecule has 0 aromatic carbocycles. The molecule has 0 atom stereocenters. The predicted octanol–water partition coefficient (Wildman–Crippen LogP) is 0.742. The Balaban J connectivity index is 4.10. The second-order valence-electron chi connectivity index (χ2n) is 4.96. The van der Waals surface area contributed by atoms with E-state index in [1.165, 1.54) is 4.90 Å². The highest BCUT2D eigenvalue weighted by Gasteiger charge is 2.18. The number of hydrogen-bond donors (Lipinski definition) is 2. The van der Waals surface area contributed by atoms with Gasteiger partial charge in [-0.05, 0) is 27.2 Å². The van der Waals surface area contributed by atoms with Crippen LogP contribution in [0.4, 0.5) is 4.79 Å². The summed E-state index contributed by atoms with van der Waals surface area (Å²) < 4.78 is 5.02. The van der Waals surface area contributed by atoms with E-state index in [1.54, 1.807) is 20.8 Å². The number of hydrogen-bond acceptors (Lipinski definition) is 4. The maximum absolute atomic E-state index is 11.7. The molecule has 0 aliphatic rings. The van der Waals surface area contributed by atoms with Crippen molar-refractivity contribution >= 4 is 12.0 Å². The Hall–Kier alpha value is -1.30. The quantitative estimate of drug-likeness (QED) is 0.738. The van der Waals surface area contributed by atoms with Crippen LogP contribution in [0.15, 0.2) is 0 Å². The maximum atomic E-state index is 11.7. The Labute approximate surface area is 108 Å². The molecule has 0 aliphatic heterocycles. The Kier molecular flexibility index (Phi) is 7.35. The van der Waals surface area contributed by atoms with Crippen molar-refractivity contribution in [1.82, 2.24) is 10.2 Å². The Morgan fingerprint density at radius 1 is 1.28 bits per heavy atom. The number of aliphatic hydroxyl groups is 1. The monoisotopic (exact) mass is 260 g/mol. The fourth-order valence-electron chi connectivity index (χ4n) is 1.33. The zero-order chi connectivity index (χ0) is 14.2. The number of aliphatic hydroxyl groups excluding tert-OH is 1. The Morgan fingerprint density at radius 3 is 2.33 bits per heavy atom. The first-order valence-corrected chi connectivity index (χ1v) is 6.15. The van der Waals surface area contributed by atoms with Crippen molar-refractivity contribution in [2.45, 2.75) is 39.7 Å². The van der Waals surface area contributed by atoms with Crippen LogP contribution in [-0.4, -0.2) is 53.8 Å². The van der Waals surface area contributed by atoms with Gasteiger partial charge >= 0.3 is 6.09 Å². The number of carbonyl (C=O) groups is 2. The number of ether oxygens (including phenoxy) is 1. The summed E-state index contributed by atoms with van der Waals surface area (Å²) in [5.74, 6) is -0.225. The third-order valence-electron chi connectivity index (χ3n) is 2.00. The van der Waals surface area contributed by atoms with Crippen molar-refractivity contribution < 1.29 is 19.4 Å². The van der Waals surface area contributed by atoms with E-state index in [2.05, 4.69) is 5.32 Å². The molecule has 18 heavy (non-hydrogen) atoms. The lowest BCUT2D eigenvalue weighted by molar-refractivity contribution is -0.130. The van der Waals surface area contributed by atoms with Crippen molar-refractivity contribution in [2.24, 2.45) is 0 Å². The van der Waals surface area contributed by atoms with Gasteiger partial charge in [-0.3, -0.25) is 4.79 Å². The molecule has 0 unspecified atom stereocenters. The van der Waals surface area contributed by atoms with Crippen LogP contribution in [0.3, 0.4) is 0 Å². The van der Waals surface area contributed by atoms with Gasteiger partial charge in [0.05, 0.1) is 6.61 Å². The minimum absolute atomic E-state index is 0.0851. The van der Waals surface area contributed by atoms with E-state index in [1.807, 2.05) is 6.92 Å². The van der Waals surface area contributed by atoms with Crippen LogP contribution in [0.25, 0.3) is 0 Å². The molecule has 0 saturated carbocycles. The third kappa shape index (κ3) is 7.89. The molecule has 0 bridgehead atoms. The van der Waals surface area contributed by atoms with Gasteiger partial charge in [0.1, 0.15) is 12.1 Å². The summed E-state index contributed by atoms with van der Waals surface area (Å²) in [4.78, 5) is 24.6. The molecule has 0 aromatic rings. The van der Waals surface area contributed by atoms with Gasteiger partial charge in [0.15, 0.2) is 0 Å². The highest BCUT2D eigenvalue weighted by atomic mass is 16.6. The lowest BCUT2D eigenvalue weighted by Crippen LogP contribution is -2.43. The second-order valence-corrected chi connectivity index (χ2v) is 4.96. The van der Waals surface area contributed by atoms with Crippen LogP contribution in [0.1, 0.15) is 34.1 Å². The van der Waals surface area contributed by atoms with Gasteiger partial charge in [0.2, 0.25) is 5.91 Å². The first-order chi connectivity index (χ1) is 8.30. The van der Waals surface area contributed by atoms with Crippen LogP contribution >= 0.6 is 0 Å². The highest BCUT2D eigenvalue weighted by Crippen LogP contribution is 2.06. The zero-order valence-electron chi connectivity index (χ0n) is 11.7. The normalized spacial score (nSPS) is 10.9. The van der Waals surface area contributed by atoms with Crippen molar-refractivity contribution in [3.63, 3.8) is 0 Å². The first-order valence-electron chi connectivity index (χ1n) is 6.15. The molecule has 0 saturated heterocycles. The Morgan fingerprint density at radius 2 is 1.89 bits per heavy atom. The van der Waals surface area contributed by atoms with E-state index in [-0.39, 0.29) is 25.6 Å². The van der Waals surface area contributed by atoms with E-state index in [9.17, 15) is 9.59 Å². The summed E-state index contributed by atoms with van der Waals surface area (Å²) >= 11 is 0. The smallest absolute Gasteiger partial charge is 0.408 e. The van der Waals surface area contributed by atoms with Crippen molar-refractivity contribution in [3.05, 3.63) is 0 Å². The number of nitrogens with zero attached hydrogens (tertiary/aromatic N) is 1. The molecule has 2 N–H and O–H groups in total. The van der Waals surface area contributed by atoms with Gasteiger partial charge in [0.25, 0.3) is 0 Å². The summed E-state index contributed by atoms with van der Waals surface area (Å²) in [5.41, 5.74) is -0.582. The number of amides is 2. The molecule has 0 aliphatic carbocycles. The molecule has 0 heterocycles. The molecule has 0 fully saturated rings. The van der Waals surface area contributed by atoms with Crippen LogP contribution in [0, 0.1) is 0 Å². The van der Waals surface area contributed by atoms with E-state index in [0.29, 0.717) is 6.54 Å². The molecule has 0 spiro atoms. The summed E-state index contributed by atoms with van der Waals surface area (Å²) in [5, 5.41) is 11.2. The molecule has 2 amide bonds. The largest absolute Gasteiger partial charge is 0.444 e. The number of nitrogens with one attached hydrogen (secondary N) is 1. The molecule has 0 radical (unpaired) electrons. The molecule has 106 valence electrons. The second kappa shape index (κ2) is 7.92. The standard InChI is InChI=1S/C12H24N2O4/c1-5-6-14(7-8-15)10(16)9-13-11(17)18-12(2,3)4/h15H,5-9H2,1-4H3,(H,13,17). The number of carbonyl (C=O) groups excluding carboxylic acids is 2. The third-order valence-corrected chi connectivity index (χ3v) is 2.00. The lowest BCUT2D eigenvalue weighted by atomic mass is 10.2. The minimum atomic E-state index is -0.615. The SMILES string of the molecule is CCCN(CCO)C(=O)CNC(=O)OC(C)(C)C. The van der Waals surface area contributed by atoms with E-state index in [0.717, 1.165) is 6.42 Å².